The van der Waals surface area contributed by atoms with Gasteiger partial charge in [-0.2, -0.15) is 0 Å². The van der Waals surface area contributed by atoms with Crippen LogP contribution in [0.15, 0.2) is 35.7 Å². The molecule has 2 aliphatic rings. The Balaban J connectivity index is 1.43. The number of rotatable bonds is 7. The van der Waals surface area contributed by atoms with E-state index in [1.165, 1.54) is 10.5 Å². The number of aliphatic hydroxyl groups is 1. The van der Waals surface area contributed by atoms with Gasteiger partial charge in [0.05, 0.1) is 12.3 Å². The second-order valence-corrected chi connectivity index (χ2v) is 9.60. The summed E-state index contributed by atoms with van der Waals surface area (Å²) in [5.41, 5.74) is 4.37. The highest BCUT2D eigenvalue weighted by Crippen LogP contribution is 2.29. The molecule has 8 heteroatoms. The van der Waals surface area contributed by atoms with Crippen LogP contribution in [0.4, 0.5) is 5.95 Å². The molecule has 7 nitrogen and oxygen atoms in total. The maximum atomic E-state index is 9.12. The molecule has 1 aliphatic carbocycles. The monoisotopic (exact) mass is 440 g/mol. The average molecular weight is 441 g/mol. The predicted octanol–water partition coefficient (Wildman–Crippen LogP) is 3.30. The lowest BCUT2D eigenvalue weighted by Crippen LogP contribution is -2.46. The standard InChI is InChI=1S/C23H32N6OS/c1-16-12-17(2)14-19(13-16)26-23-24-5-4-20(27-23)22-25-18(3)21(31-22)15-29-8-6-28(7-9-29)10-11-30/h4-5,12-13,17,30H,6-11,14-15H2,1-3H3,(H,24,26,27). The first-order valence-corrected chi connectivity index (χ1v) is 11.8. The molecule has 0 aromatic carbocycles. The molecule has 0 saturated carbocycles. The smallest absolute Gasteiger partial charge is 0.227 e. The molecule has 1 fully saturated rings. The van der Waals surface area contributed by atoms with Crippen LogP contribution in [0.25, 0.3) is 10.7 Å². The number of thiazole rings is 1. The van der Waals surface area contributed by atoms with Crippen LogP contribution in [0, 0.1) is 12.8 Å². The van der Waals surface area contributed by atoms with Crippen LogP contribution in [0.2, 0.25) is 0 Å². The summed E-state index contributed by atoms with van der Waals surface area (Å²) in [4.78, 5) is 20.0. The number of aliphatic hydroxyl groups excluding tert-OH is 1. The molecule has 166 valence electrons. The van der Waals surface area contributed by atoms with Crippen LogP contribution in [-0.2, 0) is 6.54 Å². The Morgan fingerprint density at radius 2 is 1.94 bits per heavy atom. The van der Waals surface area contributed by atoms with Crippen LogP contribution < -0.4 is 5.32 Å². The third kappa shape index (κ3) is 5.77. The van der Waals surface area contributed by atoms with Crippen LogP contribution in [0.5, 0.6) is 0 Å². The lowest BCUT2D eigenvalue weighted by Gasteiger charge is -2.34. The van der Waals surface area contributed by atoms with Crippen molar-refractivity contribution in [2.75, 3.05) is 44.6 Å². The van der Waals surface area contributed by atoms with Gasteiger partial charge >= 0.3 is 0 Å². The molecule has 2 aromatic rings. The Morgan fingerprint density at radius 3 is 2.68 bits per heavy atom. The summed E-state index contributed by atoms with van der Waals surface area (Å²) in [5, 5.41) is 13.5. The van der Waals surface area contributed by atoms with Crippen molar-refractivity contribution >= 4 is 17.3 Å². The lowest BCUT2D eigenvalue weighted by atomic mass is 9.96. The topological polar surface area (TPSA) is 77.4 Å². The second-order valence-electron chi connectivity index (χ2n) is 8.52. The minimum absolute atomic E-state index is 0.236. The fourth-order valence-corrected chi connectivity index (χ4v) is 5.28. The fourth-order valence-electron chi connectivity index (χ4n) is 4.21. The zero-order valence-corrected chi connectivity index (χ0v) is 19.5. The van der Waals surface area contributed by atoms with E-state index in [1.54, 1.807) is 17.5 Å². The van der Waals surface area contributed by atoms with Gasteiger partial charge in [-0.3, -0.25) is 9.80 Å². The van der Waals surface area contributed by atoms with Gasteiger partial charge in [0, 0.05) is 56.0 Å². The van der Waals surface area contributed by atoms with E-state index in [1.807, 2.05) is 6.07 Å². The molecule has 0 bridgehead atoms. The van der Waals surface area contributed by atoms with Crippen molar-refractivity contribution < 1.29 is 5.11 Å². The number of nitrogens with zero attached hydrogens (tertiary/aromatic N) is 5. The summed E-state index contributed by atoms with van der Waals surface area (Å²) >= 11 is 1.72. The van der Waals surface area contributed by atoms with Crippen molar-refractivity contribution in [1.82, 2.24) is 24.8 Å². The summed E-state index contributed by atoms with van der Waals surface area (Å²) in [6.45, 7) is 12.4. The van der Waals surface area contributed by atoms with Gasteiger partial charge in [0.1, 0.15) is 10.7 Å². The second kappa shape index (κ2) is 9.99. The van der Waals surface area contributed by atoms with Crippen molar-refractivity contribution in [2.24, 2.45) is 5.92 Å². The van der Waals surface area contributed by atoms with E-state index in [-0.39, 0.29) is 6.61 Å². The minimum Gasteiger partial charge on any atom is -0.395 e. The molecule has 1 atom stereocenters. The molecule has 1 unspecified atom stereocenters. The largest absolute Gasteiger partial charge is 0.395 e. The zero-order chi connectivity index (χ0) is 21.8. The number of aromatic nitrogens is 3. The average Bonchev–Trinajstić information content (AvgIpc) is 3.09. The molecule has 2 N–H and O–H groups in total. The van der Waals surface area contributed by atoms with E-state index in [0.29, 0.717) is 11.9 Å². The van der Waals surface area contributed by atoms with Crippen molar-refractivity contribution in [2.45, 2.75) is 33.7 Å². The van der Waals surface area contributed by atoms with Crippen molar-refractivity contribution in [3.05, 3.63) is 46.3 Å². The van der Waals surface area contributed by atoms with Gasteiger partial charge in [-0.1, -0.05) is 18.6 Å². The Hall–Kier alpha value is -2.13. The van der Waals surface area contributed by atoms with Gasteiger partial charge in [-0.05, 0) is 38.3 Å². The highest BCUT2D eigenvalue weighted by atomic mass is 32.1. The maximum absolute atomic E-state index is 9.12. The molecule has 4 rings (SSSR count). The molecular weight excluding hydrogens is 408 g/mol. The van der Waals surface area contributed by atoms with Gasteiger partial charge in [0.15, 0.2) is 0 Å². The van der Waals surface area contributed by atoms with Gasteiger partial charge in [0.25, 0.3) is 0 Å². The maximum Gasteiger partial charge on any atom is 0.227 e. The Labute approximate surface area is 188 Å². The molecule has 3 heterocycles. The normalized spacial score (nSPS) is 20.5. The first-order chi connectivity index (χ1) is 15.0. The third-order valence-corrected chi connectivity index (χ3v) is 6.94. The number of β-amino-alcohol motifs (C(OH)–C–C–N with tert-alkyl or cyclic N) is 1. The number of nitrogens with one attached hydrogen (secondary N) is 1. The molecule has 31 heavy (non-hydrogen) atoms. The Morgan fingerprint density at radius 1 is 1.16 bits per heavy atom. The first-order valence-electron chi connectivity index (χ1n) is 11.0. The number of hydrogen-bond acceptors (Lipinski definition) is 8. The van der Waals surface area contributed by atoms with Crippen LogP contribution in [0.3, 0.4) is 0 Å². The number of aryl methyl sites for hydroxylation is 1. The molecule has 1 saturated heterocycles. The molecule has 0 radical (unpaired) electrons. The third-order valence-electron chi connectivity index (χ3n) is 5.78. The quantitative estimate of drug-likeness (QED) is 0.684. The molecule has 0 amide bonds. The van der Waals surface area contributed by atoms with E-state index < -0.39 is 0 Å². The Bertz CT molecular complexity index is 961. The van der Waals surface area contributed by atoms with Gasteiger partial charge < -0.3 is 10.4 Å². The highest BCUT2D eigenvalue weighted by Gasteiger charge is 2.19. The lowest BCUT2D eigenvalue weighted by molar-refractivity contribution is 0.109. The molecular formula is C23H32N6OS. The van der Waals surface area contributed by atoms with E-state index in [0.717, 1.165) is 67.8 Å². The van der Waals surface area contributed by atoms with Gasteiger partial charge in [0.2, 0.25) is 5.95 Å². The van der Waals surface area contributed by atoms with Crippen LogP contribution >= 0.6 is 11.3 Å². The Kier molecular flexibility index (Phi) is 7.12. The van der Waals surface area contributed by atoms with E-state index in [4.69, 9.17) is 15.1 Å². The van der Waals surface area contributed by atoms with Crippen LogP contribution in [-0.4, -0.2) is 69.2 Å². The van der Waals surface area contributed by atoms with E-state index in [2.05, 4.69) is 53.0 Å². The van der Waals surface area contributed by atoms with Crippen molar-refractivity contribution in [3.63, 3.8) is 0 Å². The first kappa shape index (κ1) is 22.1. The van der Waals surface area contributed by atoms with Gasteiger partial charge in [-0.25, -0.2) is 15.0 Å². The van der Waals surface area contributed by atoms with Crippen LogP contribution in [0.1, 0.15) is 30.8 Å². The summed E-state index contributed by atoms with van der Waals surface area (Å²) in [6, 6.07) is 1.93. The highest BCUT2D eigenvalue weighted by molar-refractivity contribution is 7.15. The fraction of sp³-hybridized carbons (Fsp3) is 0.522. The predicted molar refractivity (Wildman–Crippen MR) is 126 cm³/mol. The van der Waals surface area contributed by atoms with Crippen molar-refractivity contribution in [3.8, 4) is 10.7 Å². The minimum atomic E-state index is 0.236. The number of hydrogen-bond donors (Lipinski definition) is 2. The SMILES string of the molecule is CC1=CC(C)CC(Nc2nccc(-c3nc(C)c(CN4CCN(CCO)CC4)s3)n2)=C1. The number of piperazine rings is 1. The summed E-state index contributed by atoms with van der Waals surface area (Å²) in [5.74, 6) is 1.14. The molecule has 1 aliphatic heterocycles. The van der Waals surface area contributed by atoms with E-state index >= 15 is 0 Å². The summed E-state index contributed by atoms with van der Waals surface area (Å²) < 4.78 is 0. The number of allylic oxidation sites excluding steroid dienone is 4. The number of anilines is 1. The van der Waals surface area contributed by atoms with E-state index in [9.17, 15) is 0 Å². The zero-order valence-electron chi connectivity index (χ0n) is 18.6. The van der Waals surface area contributed by atoms with Crippen molar-refractivity contribution in [1.29, 1.82) is 0 Å². The summed E-state index contributed by atoms with van der Waals surface area (Å²) in [6.07, 6.45) is 7.23. The summed E-state index contributed by atoms with van der Waals surface area (Å²) in [7, 11) is 0. The molecule has 2 aromatic heterocycles. The van der Waals surface area contributed by atoms with Gasteiger partial charge in [-0.15, -0.1) is 11.3 Å². The molecule has 0 spiro atoms.